The standard InChI is InChI=1S/C16H28N2O/c1-11(2)9-12(3)18(6)14-7-8-15(13(4)17-5)16(19)10-14/h7-8,10-13,17,19H,9H2,1-6H3. The molecule has 0 bridgehead atoms. The highest BCUT2D eigenvalue weighted by atomic mass is 16.3. The summed E-state index contributed by atoms with van der Waals surface area (Å²) < 4.78 is 0. The Morgan fingerprint density at radius 1 is 1.21 bits per heavy atom. The minimum Gasteiger partial charge on any atom is -0.508 e. The molecule has 0 aromatic heterocycles. The molecule has 0 fully saturated rings. The van der Waals surface area contributed by atoms with E-state index in [9.17, 15) is 5.11 Å². The van der Waals surface area contributed by atoms with Gasteiger partial charge in [0, 0.05) is 36.4 Å². The molecule has 2 N–H and O–H groups in total. The fraction of sp³-hybridized carbons (Fsp3) is 0.625. The van der Waals surface area contributed by atoms with Crippen LogP contribution in [0.15, 0.2) is 18.2 Å². The van der Waals surface area contributed by atoms with Crippen LogP contribution in [-0.4, -0.2) is 25.2 Å². The first-order valence-corrected chi connectivity index (χ1v) is 7.09. The molecule has 2 atom stereocenters. The molecular formula is C16H28N2O. The van der Waals surface area contributed by atoms with Crippen LogP contribution in [0.2, 0.25) is 0 Å². The van der Waals surface area contributed by atoms with Crippen LogP contribution < -0.4 is 10.2 Å². The average Bonchev–Trinajstić information content (AvgIpc) is 2.36. The summed E-state index contributed by atoms with van der Waals surface area (Å²) in [5.41, 5.74) is 2.01. The Balaban J connectivity index is 2.88. The van der Waals surface area contributed by atoms with Gasteiger partial charge in [-0.05, 0) is 39.3 Å². The first kappa shape index (κ1) is 15.8. The second-order valence-electron chi connectivity index (χ2n) is 5.84. The van der Waals surface area contributed by atoms with Gasteiger partial charge in [-0.15, -0.1) is 0 Å². The maximum Gasteiger partial charge on any atom is 0.122 e. The normalized spacial score (nSPS) is 14.5. The molecule has 0 saturated carbocycles. The zero-order chi connectivity index (χ0) is 14.6. The number of anilines is 1. The average molecular weight is 264 g/mol. The van der Waals surface area contributed by atoms with Gasteiger partial charge in [0.05, 0.1) is 0 Å². The van der Waals surface area contributed by atoms with Gasteiger partial charge in [-0.3, -0.25) is 0 Å². The minimum absolute atomic E-state index is 0.160. The van der Waals surface area contributed by atoms with Crippen LogP contribution in [0.4, 0.5) is 5.69 Å². The maximum atomic E-state index is 10.1. The molecule has 1 rings (SSSR count). The molecule has 0 radical (unpaired) electrons. The first-order valence-electron chi connectivity index (χ1n) is 7.09. The predicted octanol–water partition coefficient (Wildman–Crippen LogP) is 3.54. The van der Waals surface area contributed by atoms with Gasteiger partial charge in [-0.25, -0.2) is 0 Å². The van der Waals surface area contributed by atoms with Crippen molar-refractivity contribution in [1.82, 2.24) is 5.32 Å². The lowest BCUT2D eigenvalue weighted by atomic mass is 10.0. The van der Waals surface area contributed by atoms with Gasteiger partial charge in [0.25, 0.3) is 0 Å². The van der Waals surface area contributed by atoms with Crippen LogP contribution in [0.1, 0.15) is 45.7 Å². The second-order valence-corrected chi connectivity index (χ2v) is 5.84. The molecule has 0 heterocycles. The smallest absolute Gasteiger partial charge is 0.122 e. The lowest BCUT2D eigenvalue weighted by molar-refractivity contribution is 0.457. The van der Waals surface area contributed by atoms with Crippen molar-refractivity contribution in [3.8, 4) is 5.75 Å². The zero-order valence-corrected chi connectivity index (χ0v) is 13.1. The Morgan fingerprint density at radius 3 is 2.32 bits per heavy atom. The number of aromatic hydroxyl groups is 1. The number of phenols is 1. The number of rotatable bonds is 6. The van der Waals surface area contributed by atoms with Gasteiger partial charge < -0.3 is 15.3 Å². The number of hydrogen-bond acceptors (Lipinski definition) is 3. The van der Waals surface area contributed by atoms with Crippen molar-refractivity contribution in [3.63, 3.8) is 0 Å². The molecule has 3 heteroatoms. The van der Waals surface area contributed by atoms with E-state index in [4.69, 9.17) is 0 Å². The third kappa shape index (κ3) is 4.13. The molecule has 0 aliphatic heterocycles. The third-order valence-corrected chi connectivity index (χ3v) is 3.79. The van der Waals surface area contributed by atoms with E-state index in [0.717, 1.165) is 17.7 Å². The van der Waals surface area contributed by atoms with Crippen molar-refractivity contribution in [2.45, 2.75) is 46.2 Å². The highest BCUT2D eigenvalue weighted by Gasteiger charge is 2.14. The van der Waals surface area contributed by atoms with E-state index in [-0.39, 0.29) is 6.04 Å². The van der Waals surface area contributed by atoms with Gasteiger partial charge in [-0.2, -0.15) is 0 Å². The van der Waals surface area contributed by atoms with Gasteiger partial charge in [0.2, 0.25) is 0 Å². The van der Waals surface area contributed by atoms with Crippen LogP contribution in [-0.2, 0) is 0 Å². The Morgan fingerprint density at radius 2 is 1.84 bits per heavy atom. The zero-order valence-electron chi connectivity index (χ0n) is 13.1. The molecule has 2 unspecified atom stereocenters. The molecule has 0 spiro atoms. The number of nitrogens with zero attached hydrogens (tertiary/aromatic N) is 1. The van der Waals surface area contributed by atoms with Gasteiger partial charge >= 0.3 is 0 Å². The molecular weight excluding hydrogens is 236 g/mol. The largest absolute Gasteiger partial charge is 0.508 e. The SMILES string of the molecule is CNC(C)c1ccc(N(C)C(C)CC(C)C)cc1O. The van der Waals surface area contributed by atoms with Gasteiger partial charge in [0.1, 0.15) is 5.75 Å². The van der Waals surface area contributed by atoms with Crippen molar-refractivity contribution in [3.05, 3.63) is 23.8 Å². The minimum atomic E-state index is 0.160. The number of benzene rings is 1. The number of hydrogen-bond donors (Lipinski definition) is 2. The molecule has 1 aromatic rings. The summed E-state index contributed by atoms with van der Waals surface area (Å²) in [6.07, 6.45) is 1.14. The van der Waals surface area contributed by atoms with Gasteiger partial charge in [0.15, 0.2) is 0 Å². The Bertz CT molecular complexity index is 404. The maximum absolute atomic E-state index is 10.1. The number of phenolic OH excluding ortho intramolecular Hbond substituents is 1. The molecule has 0 aliphatic carbocycles. The van der Waals surface area contributed by atoms with Gasteiger partial charge in [-0.1, -0.05) is 19.9 Å². The molecule has 0 amide bonds. The highest BCUT2D eigenvalue weighted by molar-refractivity contribution is 5.54. The lowest BCUT2D eigenvalue weighted by Gasteiger charge is -2.29. The van der Waals surface area contributed by atoms with Crippen LogP contribution in [0, 0.1) is 5.92 Å². The van der Waals surface area contributed by atoms with E-state index in [1.807, 2.05) is 26.1 Å². The van der Waals surface area contributed by atoms with Crippen molar-refractivity contribution < 1.29 is 5.11 Å². The van der Waals surface area contributed by atoms with E-state index < -0.39 is 0 Å². The summed E-state index contributed by atoms with van der Waals surface area (Å²) in [5, 5.41) is 13.3. The van der Waals surface area contributed by atoms with E-state index in [1.165, 1.54) is 0 Å². The highest BCUT2D eigenvalue weighted by Crippen LogP contribution is 2.29. The van der Waals surface area contributed by atoms with Crippen LogP contribution in [0.25, 0.3) is 0 Å². The fourth-order valence-electron chi connectivity index (χ4n) is 2.37. The predicted molar refractivity (Wildman–Crippen MR) is 82.9 cm³/mol. The van der Waals surface area contributed by atoms with Crippen molar-refractivity contribution >= 4 is 5.69 Å². The van der Waals surface area contributed by atoms with E-state index in [2.05, 4.69) is 44.1 Å². The molecule has 3 nitrogen and oxygen atoms in total. The topological polar surface area (TPSA) is 35.5 Å². The summed E-state index contributed by atoms with van der Waals surface area (Å²) in [6, 6.07) is 6.57. The summed E-state index contributed by atoms with van der Waals surface area (Å²) in [6.45, 7) is 8.74. The molecule has 0 saturated heterocycles. The molecule has 19 heavy (non-hydrogen) atoms. The fourth-order valence-corrected chi connectivity index (χ4v) is 2.37. The summed E-state index contributed by atoms with van der Waals surface area (Å²) >= 11 is 0. The molecule has 1 aromatic carbocycles. The van der Waals surface area contributed by atoms with Crippen molar-refractivity contribution in [2.75, 3.05) is 19.0 Å². The third-order valence-electron chi connectivity index (χ3n) is 3.79. The summed E-state index contributed by atoms with van der Waals surface area (Å²) in [7, 11) is 3.98. The second kappa shape index (κ2) is 6.80. The Labute approximate surface area is 117 Å². The number of nitrogens with one attached hydrogen (secondary N) is 1. The van der Waals surface area contributed by atoms with E-state index in [1.54, 1.807) is 0 Å². The summed E-state index contributed by atoms with van der Waals surface area (Å²) in [4.78, 5) is 2.23. The van der Waals surface area contributed by atoms with Crippen LogP contribution in [0.5, 0.6) is 5.75 Å². The first-order chi connectivity index (χ1) is 8.86. The van der Waals surface area contributed by atoms with Crippen LogP contribution in [0.3, 0.4) is 0 Å². The molecule has 0 aliphatic rings. The van der Waals surface area contributed by atoms with E-state index in [0.29, 0.717) is 17.7 Å². The van der Waals surface area contributed by atoms with Crippen molar-refractivity contribution in [1.29, 1.82) is 0 Å². The van der Waals surface area contributed by atoms with Crippen molar-refractivity contribution in [2.24, 2.45) is 5.92 Å². The van der Waals surface area contributed by atoms with Crippen LogP contribution >= 0.6 is 0 Å². The summed E-state index contributed by atoms with van der Waals surface area (Å²) in [5.74, 6) is 1.04. The monoisotopic (exact) mass is 264 g/mol. The lowest BCUT2D eigenvalue weighted by Crippen LogP contribution is -2.30. The molecule has 108 valence electrons. The Hall–Kier alpha value is -1.22. The Kier molecular flexibility index (Phi) is 5.67. The quantitative estimate of drug-likeness (QED) is 0.825. The van der Waals surface area contributed by atoms with E-state index >= 15 is 0 Å².